The van der Waals surface area contributed by atoms with Crippen LogP contribution in [0.1, 0.15) is 18.5 Å². The molecule has 0 aromatic carbocycles. The molecule has 0 radical (unpaired) electrons. The van der Waals surface area contributed by atoms with Gasteiger partial charge in [0.05, 0.1) is 23.6 Å². The molecule has 2 aromatic heterocycles. The quantitative estimate of drug-likeness (QED) is 0.895. The Bertz CT molecular complexity index is 496. The van der Waals surface area contributed by atoms with Gasteiger partial charge in [0.25, 0.3) is 0 Å². The molecule has 1 unspecified atom stereocenters. The zero-order chi connectivity index (χ0) is 13.0. The lowest BCUT2D eigenvalue weighted by molar-refractivity contribution is 0.872. The highest BCUT2D eigenvalue weighted by Crippen LogP contribution is 2.26. The Morgan fingerprint density at radius 1 is 1.11 bits per heavy atom. The summed E-state index contributed by atoms with van der Waals surface area (Å²) in [6.45, 7) is 2.11. The van der Waals surface area contributed by atoms with E-state index in [2.05, 4.69) is 33.2 Å². The summed E-state index contributed by atoms with van der Waals surface area (Å²) < 4.78 is 0. The predicted octanol–water partition coefficient (Wildman–Crippen LogP) is 2.72. The van der Waals surface area contributed by atoms with Crippen molar-refractivity contribution in [3.05, 3.63) is 48.5 Å². The summed E-state index contributed by atoms with van der Waals surface area (Å²) in [5.74, 6) is 0. The molecule has 2 heterocycles. The van der Waals surface area contributed by atoms with E-state index in [4.69, 9.17) is 0 Å². The lowest BCUT2D eigenvalue weighted by Crippen LogP contribution is -2.14. The first-order valence-electron chi connectivity index (χ1n) is 5.96. The van der Waals surface area contributed by atoms with Crippen molar-refractivity contribution >= 4 is 11.4 Å². The molecule has 0 aliphatic rings. The second-order valence-corrected chi connectivity index (χ2v) is 4.44. The fraction of sp³-hybridized carbons (Fsp3) is 0.286. The topological polar surface area (TPSA) is 41.1 Å². The standard InChI is InChI=1S/C14H18N4/c1-11(12-5-4-7-15-9-12)17-13-10-16-8-6-14(13)18(2)3/h4-11,17H,1-3H3. The molecule has 1 atom stereocenters. The number of nitrogens with zero attached hydrogens (tertiary/aromatic N) is 3. The van der Waals surface area contributed by atoms with Crippen LogP contribution in [0.5, 0.6) is 0 Å². The summed E-state index contributed by atoms with van der Waals surface area (Å²) in [5, 5.41) is 3.46. The van der Waals surface area contributed by atoms with Crippen molar-refractivity contribution in [2.75, 3.05) is 24.3 Å². The first-order valence-corrected chi connectivity index (χ1v) is 5.96. The van der Waals surface area contributed by atoms with Crippen LogP contribution in [0.15, 0.2) is 43.0 Å². The first kappa shape index (κ1) is 12.4. The molecule has 0 aliphatic carbocycles. The molecular formula is C14H18N4. The predicted molar refractivity (Wildman–Crippen MR) is 74.8 cm³/mol. The Labute approximate surface area is 108 Å². The Hall–Kier alpha value is -2.10. The highest BCUT2D eigenvalue weighted by molar-refractivity contribution is 5.68. The minimum Gasteiger partial charge on any atom is -0.376 e. The van der Waals surface area contributed by atoms with Gasteiger partial charge in [-0.05, 0) is 24.6 Å². The second kappa shape index (κ2) is 5.49. The maximum Gasteiger partial charge on any atom is 0.0768 e. The highest BCUT2D eigenvalue weighted by Gasteiger charge is 2.09. The van der Waals surface area contributed by atoms with E-state index in [0.29, 0.717) is 0 Å². The summed E-state index contributed by atoms with van der Waals surface area (Å²) in [5.41, 5.74) is 3.31. The average Bonchev–Trinajstić information content (AvgIpc) is 2.40. The van der Waals surface area contributed by atoms with Crippen LogP contribution in [0.4, 0.5) is 11.4 Å². The van der Waals surface area contributed by atoms with E-state index < -0.39 is 0 Å². The second-order valence-electron chi connectivity index (χ2n) is 4.44. The van der Waals surface area contributed by atoms with Crippen LogP contribution in [0, 0.1) is 0 Å². The summed E-state index contributed by atoms with van der Waals surface area (Å²) in [4.78, 5) is 10.4. The number of hydrogen-bond donors (Lipinski definition) is 1. The van der Waals surface area contributed by atoms with Gasteiger partial charge in [0, 0.05) is 32.7 Å². The SMILES string of the molecule is CC(Nc1cnccc1N(C)C)c1cccnc1. The summed E-state index contributed by atoms with van der Waals surface area (Å²) in [6, 6.07) is 6.21. The Balaban J connectivity index is 2.19. The maximum absolute atomic E-state index is 4.17. The van der Waals surface area contributed by atoms with Gasteiger partial charge in [-0.3, -0.25) is 9.97 Å². The van der Waals surface area contributed by atoms with Crippen LogP contribution in [0.2, 0.25) is 0 Å². The van der Waals surface area contributed by atoms with E-state index in [-0.39, 0.29) is 6.04 Å². The summed E-state index contributed by atoms with van der Waals surface area (Å²) in [7, 11) is 4.05. The fourth-order valence-electron chi connectivity index (χ4n) is 1.84. The van der Waals surface area contributed by atoms with Gasteiger partial charge in [0.1, 0.15) is 0 Å². The average molecular weight is 242 g/mol. The Kier molecular flexibility index (Phi) is 3.77. The molecule has 0 saturated carbocycles. The van der Waals surface area contributed by atoms with Crippen LogP contribution in [0.3, 0.4) is 0 Å². The Morgan fingerprint density at radius 3 is 2.56 bits per heavy atom. The van der Waals surface area contributed by atoms with Crippen LogP contribution >= 0.6 is 0 Å². The minimum atomic E-state index is 0.196. The summed E-state index contributed by atoms with van der Waals surface area (Å²) >= 11 is 0. The van der Waals surface area contributed by atoms with Gasteiger partial charge in [0.15, 0.2) is 0 Å². The molecular weight excluding hydrogens is 224 g/mol. The van der Waals surface area contributed by atoms with Gasteiger partial charge in [-0.15, -0.1) is 0 Å². The van der Waals surface area contributed by atoms with Crippen molar-refractivity contribution in [2.45, 2.75) is 13.0 Å². The first-order chi connectivity index (χ1) is 8.68. The Morgan fingerprint density at radius 2 is 1.89 bits per heavy atom. The molecule has 18 heavy (non-hydrogen) atoms. The molecule has 2 rings (SSSR count). The van der Waals surface area contributed by atoms with Crippen molar-refractivity contribution in [3.63, 3.8) is 0 Å². The number of nitrogens with one attached hydrogen (secondary N) is 1. The third kappa shape index (κ3) is 2.77. The van der Waals surface area contributed by atoms with Crippen LogP contribution < -0.4 is 10.2 Å². The molecule has 0 fully saturated rings. The van der Waals surface area contributed by atoms with Crippen molar-refractivity contribution in [2.24, 2.45) is 0 Å². The van der Waals surface area contributed by atoms with Gasteiger partial charge < -0.3 is 10.2 Å². The molecule has 0 amide bonds. The van der Waals surface area contributed by atoms with Gasteiger partial charge in [-0.2, -0.15) is 0 Å². The van der Waals surface area contributed by atoms with E-state index in [9.17, 15) is 0 Å². The molecule has 94 valence electrons. The number of pyridine rings is 2. The molecule has 0 bridgehead atoms. The third-order valence-corrected chi connectivity index (χ3v) is 2.84. The van der Waals surface area contributed by atoms with Crippen molar-refractivity contribution < 1.29 is 0 Å². The van der Waals surface area contributed by atoms with Crippen molar-refractivity contribution in [3.8, 4) is 0 Å². The minimum absolute atomic E-state index is 0.196. The van der Waals surface area contributed by atoms with E-state index in [0.717, 1.165) is 16.9 Å². The number of rotatable bonds is 4. The molecule has 2 aromatic rings. The van der Waals surface area contributed by atoms with Crippen LogP contribution in [-0.4, -0.2) is 24.1 Å². The summed E-state index contributed by atoms with van der Waals surface area (Å²) in [6.07, 6.45) is 7.31. The number of anilines is 2. The van der Waals surface area contributed by atoms with Gasteiger partial charge in [-0.1, -0.05) is 6.07 Å². The number of hydrogen-bond acceptors (Lipinski definition) is 4. The maximum atomic E-state index is 4.17. The van der Waals surface area contributed by atoms with Crippen LogP contribution in [0.25, 0.3) is 0 Å². The lowest BCUT2D eigenvalue weighted by atomic mass is 10.1. The van der Waals surface area contributed by atoms with Crippen LogP contribution in [-0.2, 0) is 0 Å². The third-order valence-electron chi connectivity index (χ3n) is 2.84. The number of aromatic nitrogens is 2. The van der Waals surface area contributed by atoms with Crippen molar-refractivity contribution in [1.82, 2.24) is 9.97 Å². The monoisotopic (exact) mass is 242 g/mol. The van der Waals surface area contributed by atoms with Gasteiger partial charge in [0.2, 0.25) is 0 Å². The zero-order valence-electron chi connectivity index (χ0n) is 11.0. The normalized spacial score (nSPS) is 11.9. The smallest absolute Gasteiger partial charge is 0.0768 e. The molecule has 1 N–H and O–H groups in total. The zero-order valence-corrected chi connectivity index (χ0v) is 11.0. The fourth-order valence-corrected chi connectivity index (χ4v) is 1.84. The van der Waals surface area contributed by atoms with Gasteiger partial charge >= 0.3 is 0 Å². The van der Waals surface area contributed by atoms with Crippen molar-refractivity contribution in [1.29, 1.82) is 0 Å². The molecule has 4 heteroatoms. The van der Waals surface area contributed by atoms with E-state index in [1.54, 1.807) is 12.4 Å². The molecule has 0 saturated heterocycles. The van der Waals surface area contributed by atoms with E-state index >= 15 is 0 Å². The molecule has 4 nitrogen and oxygen atoms in total. The largest absolute Gasteiger partial charge is 0.376 e. The van der Waals surface area contributed by atoms with E-state index in [1.165, 1.54) is 0 Å². The lowest BCUT2D eigenvalue weighted by Gasteiger charge is -2.21. The molecule has 0 aliphatic heterocycles. The molecule has 0 spiro atoms. The van der Waals surface area contributed by atoms with E-state index in [1.807, 2.05) is 38.6 Å². The highest BCUT2D eigenvalue weighted by atomic mass is 15.1. The van der Waals surface area contributed by atoms with Gasteiger partial charge in [-0.25, -0.2) is 0 Å².